The molecule has 0 spiro atoms. The summed E-state index contributed by atoms with van der Waals surface area (Å²) in [7, 11) is 0. The number of hydrazine groups is 1. The van der Waals surface area contributed by atoms with E-state index in [2.05, 4.69) is 17.9 Å². The highest BCUT2D eigenvalue weighted by molar-refractivity contribution is 5.74. The molecule has 0 saturated carbocycles. The molecular weight excluding hydrogens is 305 g/mol. The second-order valence-corrected chi connectivity index (χ2v) is 3.93. The number of amides is 2. The van der Waals surface area contributed by atoms with Gasteiger partial charge in [0.05, 0.1) is 26.3 Å². The predicted molar refractivity (Wildman–Crippen MR) is 72.8 cm³/mol. The molecule has 9 heteroatoms. The molecule has 0 aliphatic heterocycles. The minimum atomic E-state index is -4.71. The van der Waals surface area contributed by atoms with E-state index in [1.807, 2.05) is 0 Å². The molecule has 0 aromatic heterocycles. The van der Waals surface area contributed by atoms with Crippen LogP contribution in [0.3, 0.4) is 0 Å². The molecule has 0 aromatic carbocycles. The third-order valence-corrected chi connectivity index (χ3v) is 2.29. The third-order valence-electron chi connectivity index (χ3n) is 2.29. The van der Waals surface area contributed by atoms with Gasteiger partial charge in [-0.15, -0.1) is 6.58 Å². The number of nitrogens with zero attached hydrogens (tertiary/aromatic N) is 2. The molecule has 0 rings (SSSR count). The predicted octanol–water partition coefficient (Wildman–Crippen LogP) is 3.12. The van der Waals surface area contributed by atoms with Crippen LogP contribution in [0.5, 0.6) is 0 Å². The first-order valence-electron chi connectivity index (χ1n) is 6.43. The quantitative estimate of drug-likeness (QED) is 0.556. The smallest absolute Gasteiger partial charge is 0.429 e. The summed E-state index contributed by atoms with van der Waals surface area (Å²) < 4.78 is 47.3. The average molecular weight is 324 g/mol. The van der Waals surface area contributed by atoms with Gasteiger partial charge in [0.1, 0.15) is 0 Å². The SMILES string of the molecule is C=CCN(C(=O)OCC)N(CC(=C)C(F)(F)F)C(=O)OCC. The van der Waals surface area contributed by atoms with E-state index in [1.165, 1.54) is 19.9 Å². The van der Waals surface area contributed by atoms with Crippen molar-refractivity contribution in [1.82, 2.24) is 10.0 Å². The maximum Gasteiger partial charge on any atom is 0.429 e. The molecule has 0 aromatic rings. The lowest BCUT2D eigenvalue weighted by Crippen LogP contribution is -2.51. The standard InChI is InChI=1S/C13H19F3N2O4/c1-5-8-17(11(19)21-6-2)18(12(20)22-7-3)9-10(4)13(14,15)16/h5H,1,4,6-9H2,2-3H3. The molecule has 2 amide bonds. The normalized spacial score (nSPS) is 10.6. The van der Waals surface area contributed by atoms with E-state index in [0.29, 0.717) is 10.0 Å². The number of carbonyl (C=O) groups excluding carboxylic acids is 2. The van der Waals surface area contributed by atoms with E-state index in [-0.39, 0.29) is 19.8 Å². The Morgan fingerprint density at radius 2 is 1.55 bits per heavy atom. The molecule has 0 aliphatic carbocycles. The van der Waals surface area contributed by atoms with Crippen molar-refractivity contribution in [1.29, 1.82) is 0 Å². The zero-order valence-corrected chi connectivity index (χ0v) is 12.5. The molecule has 0 fully saturated rings. The van der Waals surface area contributed by atoms with Gasteiger partial charge in [0.15, 0.2) is 0 Å². The second-order valence-electron chi connectivity index (χ2n) is 3.93. The Bertz CT molecular complexity index is 424. The molecular formula is C13H19F3N2O4. The van der Waals surface area contributed by atoms with Crippen LogP contribution >= 0.6 is 0 Å². The molecule has 0 aliphatic rings. The Labute approximate surface area is 126 Å². The topological polar surface area (TPSA) is 59.1 Å². The molecule has 0 heterocycles. The summed E-state index contributed by atoms with van der Waals surface area (Å²) in [5.74, 6) is 0. The van der Waals surface area contributed by atoms with Gasteiger partial charge in [-0.2, -0.15) is 13.2 Å². The van der Waals surface area contributed by atoms with Crippen molar-refractivity contribution in [3.8, 4) is 0 Å². The number of ether oxygens (including phenoxy) is 2. The first-order valence-corrected chi connectivity index (χ1v) is 6.43. The Morgan fingerprint density at radius 3 is 1.91 bits per heavy atom. The summed E-state index contributed by atoms with van der Waals surface area (Å²) in [6.07, 6.45) is -5.59. The van der Waals surface area contributed by atoms with Crippen molar-refractivity contribution in [3.05, 3.63) is 24.8 Å². The number of hydrogen-bond acceptors (Lipinski definition) is 4. The van der Waals surface area contributed by atoms with Crippen LogP contribution in [0.4, 0.5) is 22.8 Å². The average Bonchev–Trinajstić information content (AvgIpc) is 2.41. The molecule has 0 N–H and O–H groups in total. The Kier molecular flexibility index (Phi) is 8.06. The van der Waals surface area contributed by atoms with Crippen LogP contribution in [0.2, 0.25) is 0 Å². The lowest BCUT2D eigenvalue weighted by Gasteiger charge is -2.33. The summed E-state index contributed by atoms with van der Waals surface area (Å²) in [5, 5.41) is 1.16. The summed E-state index contributed by atoms with van der Waals surface area (Å²) in [5.41, 5.74) is -1.21. The fourth-order valence-electron chi connectivity index (χ4n) is 1.31. The van der Waals surface area contributed by atoms with E-state index in [1.54, 1.807) is 0 Å². The number of hydrogen-bond donors (Lipinski definition) is 0. The lowest BCUT2D eigenvalue weighted by atomic mass is 10.3. The summed E-state index contributed by atoms with van der Waals surface area (Å²) in [6.45, 7) is 7.99. The van der Waals surface area contributed by atoms with Gasteiger partial charge in [-0.3, -0.25) is 0 Å². The zero-order valence-electron chi connectivity index (χ0n) is 12.5. The molecule has 22 heavy (non-hydrogen) atoms. The Morgan fingerprint density at radius 1 is 1.09 bits per heavy atom. The summed E-state index contributed by atoms with van der Waals surface area (Å²) in [4.78, 5) is 23.7. The summed E-state index contributed by atoms with van der Waals surface area (Å²) in [6, 6.07) is 0. The highest BCUT2D eigenvalue weighted by Crippen LogP contribution is 2.25. The Balaban J connectivity index is 5.40. The van der Waals surface area contributed by atoms with Gasteiger partial charge in [0.25, 0.3) is 0 Å². The third kappa shape index (κ3) is 6.06. The fourth-order valence-corrected chi connectivity index (χ4v) is 1.31. The largest absolute Gasteiger partial charge is 0.448 e. The van der Waals surface area contributed by atoms with E-state index in [0.717, 1.165) is 0 Å². The van der Waals surface area contributed by atoms with Crippen LogP contribution in [0.1, 0.15) is 13.8 Å². The minimum Gasteiger partial charge on any atom is -0.448 e. The lowest BCUT2D eigenvalue weighted by molar-refractivity contribution is -0.101. The van der Waals surface area contributed by atoms with Crippen LogP contribution in [-0.4, -0.2) is 54.7 Å². The summed E-state index contributed by atoms with van der Waals surface area (Å²) >= 11 is 0. The van der Waals surface area contributed by atoms with Crippen LogP contribution in [0.15, 0.2) is 24.8 Å². The molecule has 0 bridgehead atoms. The molecule has 0 saturated heterocycles. The van der Waals surface area contributed by atoms with Gasteiger partial charge in [-0.05, 0) is 13.8 Å². The highest BCUT2D eigenvalue weighted by atomic mass is 19.4. The number of halogens is 3. The Hall–Kier alpha value is -2.19. The van der Waals surface area contributed by atoms with Crippen LogP contribution in [-0.2, 0) is 9.47 Å². The van der Waals surface area contributed by atoms with Gasteiger partial charge in [0, 0.05) is 5.57 Å². The highest BCUT2D eigenvalue weighted by Gasteiger charge is 2.37. The maximum absolute atomic E-state index is 12.6. The zero-order chi connectivity index (χ0) is 17.3. The van der Waals surface area contributed by atoms with Gasteiger partial charge in [-0.25, -0.2) is 19.6 Å². The van der Waals surface area contributed by atoms with Crippen molar-refractivity contribution in [3.63, 3.8) is 0 Å². The molecule has 0 atom stereocenters. The first-order chi connectivity index (χ1) is 10.2. The van der Waals surface area contributed by atoms with Crippen molar-refractivity contribution in [2.45, 2.75) is 20.0 Å². The monoisotopic (exact) mass is 324 g/mol. The second kappa shape index (κ2) is 8.96. The van der Waals surface area contributed by atoms with E-state index in [9.17, 15) is 22.8 Å². The van der Waals surface area contributed by atoms with Gasteiger partial charge < -0.3 is 9.47 Å². The van der Waals surface area contributed by atoms with Gasteiger partial charge in [-0.1, -0.05) is 12.7 Å². The van der Waals surface area contributed by atoms with Crippen molar-refractivity contribution >= 4 is 12.2 Å². The molecule has 0 unspecified atom stereocenters. The molecule has 6 nitrogen and oxygen atoms in total. The first kappa shape index (κ1) is 19.8. The fraction of sp³-hybridized carbons (Fsp3) is 0.538. The van der Waals surface area contributed by atoms with Gasteiger partial charge in [0.2, 0.25) is 0 Å². The number of rotatable bonds is 6. The van der Waals surface area contributed by atoms with Crippen LogP contribution in [0.25, 0.3) is 0 Å². The maximum atomic E-state index is 12.6. The van der Waals surface area contributed by atoms with E-state index >= 15 is 0 Å². The van der Waals surface area contributed by atoms with Crippen molar-refractivity contribution < 1.29 is 32.2 Å². The molecule has 0 radical (unpaired) electrons. The van der Waals surface area contributed by atoms with Crippen molar-refractivity contribution in [2.24, 2.45) is 0 Å². The van der Waals surface area contributed by atoms with Crippen molar-refractivity contribution in [2.75, 3.05) is 26.3 Å². The molecule has 126 valence electrons. The number of alkyl halides is 3. The minimum absolute atomic E-state index is 0.0106. The van der Waals surface area contributed by atoms with E-state index < -0.39 is 30.5 Å². The van der Waals surface area contributed by atoms with Crippen LogP contribution in [0, 0.1) is 0 Å². The van der Waals surface area contributed by atoms with Gasteiger partial charge >= 0.3 is 18.4 Å². The number of carbonyl (C=O) groups is 2. The van der Waals surface area contributed by atoms with E-state index in [4.69, 9.17) is 4.74 Å². The van der Waals surface area contributed by atoms with Crippen LogP contribution < -0.4 is 0 Å².